The first-order chi connectivity index (χ1) is 8.95. The second-order valence-corrected chi connectivity index (χ2v) is 4.35. The van der Waals surface area contributed by atoms with Gasteiger partial charge in [-0.05, 0) is 19.9 Å². The summed E-state index contributed by atoms with van der Waals surface area (Å²) in [5, 5.41) is 11.2. The molecule has 19 heavy (non-hydrogen) atoms. The third-order valence-electron chi connectivity index (χ3n) is 2.77. The van der Waals surface area contributed by atoms with E-state index in [9.17, 15) is 14.9 Å². The van der Waals surface area contributed by atoms with E-state index in [0.717, 1.165) is 6.20 Å². The number of ether oxygens (including phenoxy) is 1. The number of hydrogen-bond acceptors (Lipinski definition) is 5. The highest BCUT2D eigenvalue weighted by Gasteiger charge is 2.16. The van der Waals surface area contributed by atoms with E-state index in [1.165, 1.54) is 23.8 Å². The fourth-order valence-corrected chi connectivity index (χ4v) is 1.91. The van der Waals surface area contributed by atoms with Crippen LogP contribution in [0.1, 0.15) is 19.9 Å². The monoisotopic (exact) mass is 263 g/mol. The lowest BCUT2D eigenvalue weighted by atomic mass is 10.2. The third kappa shape index (κ3) is 2.14. The molecule has 0 atom stereocenters. The highest BCUT2D eigenvalue weighted by atomic mass is 16.6. The van der Waals surface area contributed by atoms with Crippen molar-refractivity contribution in [1.82, 2.24) is 9.55 Å². The first-order valence-corrected chi connectivity index (χ1v) is 5.69. The number of nitrogens with zero attached hydrogens (tertiary/aromatic N) is 3. The summed E-state index contributed by atoms with van der Waals surface area (Å²) in [7, 11) is 1.39. The Morgan fingerprint density at radius 1 is 1.42 bits per heavy atom. The lowest BCUT2D eigenvalue weighted by Gasteiger charge is -2.14. The van der Waals surface area contributed by atoms with Crippen molar-refractivity contribution in [3.8, 4) is 5.75 Å². The van der Waals surface area contributed by atoms with Gasteiger partial charge in [0.05, 0.1) is 12.0 Å². The third-order valence-corrected chi connectivity index (χ3v) is 2.77. The number of nitro groups is 1. The number of fused-ring (bicyclic) bond motifs is 1. The van der Waals surface area contributed by atoms with Crippen molar-refractivity contribution in [2.24, 2.45) is 0 Å². The largest absolute Gasteiger partial charge is 0.491 e. The molecule has 0 saturated carbocycles. The number of pyridine rings is 2. The van der Waals surface area contributed by atoms with Crippen LogP contribution in [-0.2, 0) is 0 Å². The summed E-state index contributed by atoms with van der Waals surface area (Å²) in [6.07, 6.45) is 1.15. The van der Waals surface area contributed by atoms with Crippen LogP contribution in [0.15, 0.2) is 23.1 Å². The predicted molar refractivity (Wildman–Crippen MR) is 69.6 cm³/mol. The van der Waals surface area contributed by atoms with Gasteiger partial charge in [0.15, 0.2) is 5.75 Å². The molecule has 0 bridgehead atoms. The maximum absolute atomic E-state index is 12.1. The van der Waals surface area contributed by atoms with E-state index >= 15 is 0 Å². The molecule has 100 valence electrons. The van der Waals surface area contributed by atoms with Crippen molar-refractivity contribution < 1.29 is 9.66 Å². The Morgan fingerprint density at radius 3 is 2.63 bits per heavy atom. The van der Waals surface area contributed by atoms with Crippen LogP contribution >= 0.6 is 0 Å². The molecule has 7 nitrogen and oxygen atoms in total. The van der Waals surface area contributed by atoms with Gasteiger partial charge in [0.1, 0.15) is 11.8 Å². The van der Waals surface area contributed by atoms with Gasteiger partial charge in [-0.15, -0.1) is 0 Å². The fraction of sp³-hybridized carbons (Fsp3) is 0.333. The van der Waals surface area contributed by atoms with Gasteiger partial charge >= 0.3 is 0 Å². The van der Waals surface area contributed by atoms with E-state index in [1.54, 1.807) is 0 Å². The standard InChI is InChI=1S/C12H13N3O4/c1-7(2)14-11-8(5-10(19-3)12(14)16)4-9(6-13-11)15(17)18/h4-7H,1-3H3. The quantitative estimate of drug-likeness (QED) is 0.623. The Morgan fingerprint density at radius 2 is 2.11 bits per heavy atom. The van der Waals surface area contributed by atoms with Crippen molar-refractivity contribution in [2.75, 3.05) is 7.11 Å². The molecule has 0 saturated heterocycles. The summed E-state index contributed by atoms with van der Waals surface area (Å²) in [5.41, 5.74) is -0.0127. The van der Waals surface area contributed by atoms with Gasteiger partial charge in [-0.1, -0.05) is 0 Å². The number of rotatable bonds is 3. The SMILES string of the molecule is COc1cc2cc([N+](=O)[O-])cnc2n(C(C)C)c1=O. The lowest BCUT2D eigenvalue weighted by Crippen LogP contribution is -2.24. The average molecular weight is 263 g/mol. The topological polar surface area (TPSA) is 87.3 Å². The minimum Gasteiger partial charge on any atom is -0.491 e. The predicted octanol–water partition coefficient (Wildman–Crippen LogP) is 1.89. The Hall–Kier alpha value is -2.44. The molecule has 0 N–H and O–H groups in total. The molecule has 0 aliphatic carbocycles. The molecule has 0 radical (unpaired) electrons. The summed E-state index contributed by atoms with van der Waals surface area (Å²) in [4.78, 5) is 26.4. The number of methoxy groups -OCH3 is 1. The maximum Gasteiger partial charge on any atom is 0.294 e. The van der Waals surface area contributed by atoms with Gasteiger partial charge in [-0.2, -0.15) is 0 Å². The zero-order chi connectivity index (χ0) is 14.2. The van der Waals surface area contributed by atoms with Crippen molar-refractivity contribution >= 4 is 16.7 Å². The molecule has 2 aromatic heterocycles. The minimum absolute atomic E-state index is 0.122. The van der Waals surface area contributed by atoms with Gasteiger partial charge in [-0.25, -0.2) is 4.98 Å². The molecule has 0 aliphatic rings. The van der Waals surface area contributed by atoms with E-state index in [4.69, 9.17) is 4.74 Å². The molecule has 2 aromatic rings. The summed E-state index contributed by atoms with van der Waals surface area (Å²) in [6, 6.07) is 2.72. The zero-order valence-corrected chi connectivity index (χ0v) is 10.8. The van der Waals surface area contributed by atoms with Crippen LogP contribution in [-0.4, -0.2) is 21.6 Å². The Balaban J connectivity index is 2.87. The number of hydrogen-bond donors (Lipinski definition) is 0. The second kappa shape index (κ2) is 4.68. The second-order valence-electron chi connectivity index (χ2n) is 4.35. The first kappa shape index (κ1) is 13.0. The van der Waals surface area contributed by atoms with Crippen molar-refractivity contribution in [3.63, 3.8) is 0 Å². The Bertz CT molecular complexity index is 706. The van der Waals surface area contributed by atoms with Gasteiger partial charge < -0.3 is 4.74 Å². The summed E-state index contributed by atoms with van der Waals surface area (Å²) in [5.74, 6) is 0.142. The smallest absolute Gasteiger partial charge is 0.294 e. The molecule has 7 heteroatoms. The first-order valence-electron chi connectivity index (χ1n) is 5.69. The van der Waals surface area contributed by atoms with E-state index in [-0.39, 0.29) is 23.0 Å². The summed E-state index contributed by atoms with van der Waals surface area (Å²) >= 11 is 0. The highest BCUT2D eigenvalue weighted by Crippen LogP contribution is 2.22. The van der Waals surface area contributed by atoms with Gasteiger partial charge in [0.2, 0.25) is 0 Å². The fourth-order valence-electron chi connectivity index (χ4n) is 1.91. The molecule has 2 rings (SSSR count). The van der Waals surface area contributed by atoms with E-state index in [1.807, 2.05) is 13.8 Å². The molecule has 0 amide bonds. The Kier molecular flexibility index (Phi) is 3.20. The van der Waals surface area contributed by atoms with E-state index < -0.39 is 4.92 Å². The van der Waals surface area contributed by atoms with Crippen LogP contribution < -0.4 is 10.3 Å². The molecule has 0 fully saturated rings. The highest BCUT2D eigenvalue weighted by molar-refractivity contribution is 5.78. The molecule has 0 unspecified atom stereocenters. The summed E-state index contributed by atoms with van der Waals surface area (Å²) in [6.45, 7) is 3.67. The molecule has 2 heterocycles. The van der Waals surface area contributed by atoms with Crippen molar-refractivity contribution in [2.45, 2.75) is 19.9 Å². The Labute approximate surface area is 108 Å². The van der Waals surface area contributed by atoms with Crippen molar-refractivity contribution in [1.29, 1.82) is 0 Å². The van der Waals surface area contributed by atoms with Crippen LogP contribution in [0, 0.1) is 10.1 Å². The van der Waals surface area contributed by atoms with Gasteiger partial charge in [-0.3, -0.25) is 19.5 Å². The number of aromatic nitrogens is 2. The molecule has 0 spiro atoms. The summed E-state index contributed by atoms with van der Waals surface area (Å²) < 4.78 is 6.47. The van der Waals surface area contributed by atoms with Crippen LogP contribution in [0.5, 0.6) is 5.75 Å². The molecule has 0 aliphatic heterocycles. The van der Waals surface area contributed by atoms with E-state index in [0.29, 0.717) is 11.0 Å². The van der Waals surface area contributed by atoms with Crippen molar-refractivity contribution in [3.05, 3.63) is 38.8 Å². The van der Waals surface area contributed by atoms with Crippen LogP contribution in [0.25, 0.3) is 11.0 Å². The molecular weight excluding hydrogens is 250 g/mol. The normalized spacial score (nSPS) is 10.9. The minimum atomic E-state index is -0.524. The van der Waals surface area contributed by atoms with E-state index in [2.05, 4.69) is 4.98 Å². The van der Waals surface area contributed by atoms with Crippen LogP contribution in [0.3, 0.4) is 0 Å². The molecular formula is C12H13N3O4. The zero-order valence-electron chi connectivity index (χ0n) is 10.8. The van der Waals surface area contributed by atoms with Crippen LogP contribution in [0.4, 0.5) is 5.69 Å². The maximum atomic E-state index is 12.1. The van der Waals surface area contributed by atoms with Gasteiger partial charge in [0.25, 0.3) is 11.2 Å². The van der Waals surface area contributed by atoms with Crippen LogP contribution in [0.2, 0.25) is 0 Å². The molecule has 0 aromatic carbocycles. The lowest BCUT2D eigenvalue weighted by molar-refractivity contribution is -0.385. The van der Waals surface area contributed by atoms with Gasteiger partial charge in [0, 0.05) is 17.5 Å². The average Bonchev–Trinajstić information content (AvgIpc) is 2.36.